The Labute approximate surface area is 153 Å². The average molecular weight is 369 g/mol. The smallest absolute Gasteiger partial charge is 0.410 e. The predicted molar refractivity (Wildman–Crippen MR) is 97.2 cm³/mol. The molecule has 25 heavy (non-hydrogen) atoms. The number of rotatable bonds is 3. The van der Waals surface area contributed by atoms with Gasteiger partial charge in [0.05, 0.1) is 17.7 Å². The SMILES string of the molecule is COC(=O)c1cc(NC2CCN(C(=O)OC(C)(C)C)CC2)ccc1Cl. The number of nitrogens with one attached hydrogen (secondary N) is 1. The van der Waals surface area contributed by atoms with Gasteiger partial charge in [-0.25, -0.2) is 9.59 Å². The number of nitrogens with zero attached hydrogens (tertiary/aromatic N) is 1. The Morgan fingerprint density at radius 2 is 1.88 bits per heavy atom. The Morgan fingerprint density at radius 1 is 1.24 bits per heavy atom. The van der Waals surface area contributed by atoms with Gasteiger partial charge in [0.1, 0.15) is 5.60 Å². The minimum Gasteiger partial charge on any atom is -0.465 e. The summed E-state index contributed by atoms with van der Waals surface area (Å²) in [5.41, 5.74) is 0.653. The number of benzene rings is 1. The topological polar surface area (TPSA) is 67.9 Å². The van der Waals surface area contributed by atoms with Crippen LogP contribution in [-0.4, -0.2) is 48.8 Å². The molecule has 0 atom stereocenters. The van der Waals surface area contributed by atoms with Crippen LogP contribution in [0.3, 0.4) is 0 Å². The fraction of sp³-hybridized carbons (Fsp3) is 0.556. The molecule has 1 aromatic carbocycles. The minimum absolute atomic E-state index is 0.213. The second-order valence-corrected chi connectivity index (χ2v) is 7.48. The third kappa shape index (κ3) is 5.53. The summed E-state index contributed by atoms with van der Waals surface area (Å²) in [6, 6.07) is 5.40. The summed E-state index contributed by atoms with van der Waals surface area (Å²) < 4.78 is 10.1. The van der Waals surface area contributed by atoms with E-state index in [9.17, 15) is 9.59 Å². The quantitative estimate of drug-likeness (QED) is 0.818. The summed E-state index contributed by atoms with van der Waals surface area (Å²) in [5.74, 6) is -0.464. The molecule has 1 heterocycles. The van der Waals surface area contributed by atoms with E-state index in [0.717, 1.165) is 18.5 Å². The first-order chi connectivity index (χ1) is 11.7. The Hall–Kier alpha value is -1.95. The lowest BCUT2D eigenvalue weighted by molar-refractivity contribution is 0.0210. The molecule has 1 aliphatic heterocycles. The first kappa shape index (κ1) is 19.4. The van der Waals surface area contributed by atoms with Crippen molar-refractivity contribution in [3.63, 3.8) is 0 Å². The number of anilines is 1. The molecule has 6 nitrogen and oxygen atoms in total. The van der Waals surface area contributed by atoms with Crippen LogP contribution in [0, 0.1) is 0 Å². The molecule has 0 unspecified atom stereocenters. The molecule has 138 valence electrons. The van der Waals surface area contributed by atoms with Crippen LogP contribution in [-0.2, 0) is 9.47 Å². The van der Waals surface area contributed by atoms with Crippen molar-refractivity contribution in [3.05, 3.63) is 28.8 Å². The van der Waals surface area contributed by atoms with E-state index in [1.165, 1.54) is 7.11 Å². The molecule has 7 heteroatoms. The summed E-state index contributed by atoms with van der Waals surface area (Å²) in [6.07, 6.45) is 1.33. The van der Waals surface area contributed by atoms with Gasteiger partial charge in [0.2, 0.25) is 0 Å². The maximum absolute atomic E-state index is 12.1. The second-order valence-electron chi connectivity index (χ2n) is 7.07. The van der Waals surface area contributed by atoms with Gasteiger partial charge in [-0.1, -0.05) is 11.6 Å². The van der Waals surface area contributed by atoms with Crippen molar-refractivity contribution in [1.29, 1.82) is 0 Å². The molecule has 0 aromatic heterocycles. The van der Waals surface area contributed by atoms with Gasteiger partial charge in [-0.3, -0.25) is 0 Å². The first-order valence-electron chi connectivity index (χ1n) is 8.32. The third-order valence-corrected chi connectivity index (χ3v) is 4.22. The van der Waals surface area contributed by atoms with Crippen molar-refractivity contribution in [2.75, 3.05) is 25.5 Å². The van der Waals surface area contributed by atoms with Gasteiger partial charge >= 0.3 is 12.1 Å². The van der Waals surface area contributed by atoms with Gasteiger partial charge in [0, 0.05) is 24.8 Å². The van der Waals surface area contributed by atoms with Crippen molar-refractivity contribution in [2.24, 2.45) is 0 Å². The zero-order valence-electron chi connectivity index (χ0n) is 15.1. The maximum atomic E-state index is 12.1. The molecule has 0 spiro atoms. The summed E-state index contributed by atoms with van der Waals surface area (Å²) in [5, 5.41) is 3.75. The Kier molecular flexibility index (Phi) is 6.16. The second kappa shape index (κ2) is 7.95. The van der Waals surface area contributed by atoms with E-state index >= 15 is 0 Å². The summed E-state index contributed by atoms with van der Waals surface area (Å²) in [6.45, 7) is 6.84. The molecular weight excluding hydrogens is 344 g/mol. The van der Waals surface area contributed by atoms with Crippen LogP contribution in [0.5, 0.6) is 0 Å². The number of halogens is 1. The van der Waals surface area contributed by atoms with Crippen molar-refractivity contribution in [1.82, 2.24) is 4.90 Å². The van der Waals surface area contributed by atoms with E-state index < -0.39 is 11.6 Å². The molecular formula is C18H25ClN2O4. The van der Waals surface area contributed by atoms with Crippen LogP contribution < -0.4 is 5.32 Å². The van der Waals surface area contributed by atoms with Crippen molar-refractivity contribution in [3.8, 4) is 0 Å². The van der Waals surface area contributed by atoms with Gasteiger partial charge in [0.15, 0.2) is 0 Å². The van der Waals surface area contributed by atoms with Crippen LogP contribution >= 0.6 is 11.6 Å². The van der Waals surface area contributed by atoms with E-state index in [1.807, 2.05) is 26.8 Å². The molecule has 0 saturated carbocycles. The summed E-state index contributed by atoms with van der Waals surface area (Å²) >= 11 is 6.03. The molecule has 2 rings (SSSR count). The average Bonchev–Trinajstić information content (AvgIpc) is 2.55. The van der Waals surface area contributed by atoms with E-state index in [-0.39, 0.29) is 12.1 Å². The predicted octanol–water partition coefficient (Wildman–Crippen LogP) is 3.94. The van der Waals surface area contributed by atoms with Crippen molar-refractivity contribution < 1.29 is 19.1 Å². The number of hydrogen-bond donors (Lipinski definition) is 1. The minimum atomic E-state index is -0.486. The molecule has 1 N–H and O–H groups in total. The number of carbonyl (C=O) groups excluding carboxylic acids is 2. The Morgan fingerprint density at radius 3 is 2.44 bits per heavy atom. The van der Waals surface area contributed by atoms with Gasteiger partial charge in [-0.05, 0) is 51.8 Å². The van der Waals surface area contributed by atoms with E-state index in [4.69, 9.17) is 21.1 Å². The number of hydrogen-bond acceptors (Lipinski definition) is 5. The Balaban J connectivity index is 1.92. The molecule has 1 aromatic rings. The van der Waals surface area contributed by atoms with Gasteiger partial charge in [-0.15, -0.1) is 0 Å². The molecule has 1 aliphatic rings. The highest BCUT2D eigenvalue weighted by Gasteiger charge is 2.27. The standard InChI is InChI=1S/C18H25ClN2O4/c1-18(2,3)25-17(23)21-9-7-12(8-10-21)20-13-5-6-15(19)14(11-13)16(22)24-4/h5-6,11-12,20H,7-10H2,1-4H3. The highest BCUT2D eigenvalue weighted by molar-refractivity contribution is 6.33. The monoisotopic (exact) mass is 368 g/mol. The van der Waals surface area contributed by atoms with Gasteiger partial charge in [-0.2, -0.15) is 0 Å². The summed E-state index contributed by atoms with van der Waals surface area (Å²) in [7, 11) is 1.32. The highest BCUT2D eigenvalue weighted by Crippen LogP contribution is 2.24. The van der Waals surface area contributed by atoms with Crippen molar-refractivity contribution >= 4 is 29.4 Å². The number of piperidine rings is 1. The van der Waals surface area contributed by atoms with Gasteiger partial charge < -0.3 is 19.7 Å². The lowest BCUT2D eigenvalue weighted by Gasteiger charge is -2.34. The normalized spacial score (nSPS) is 15.6. The number of amides is 1. The van der Waals surface area contributed by atoms with E-state index in [2.05, 4.69) is 5.32 Å². The number of esters is 1. The maximum Gasteiger partial charge on any atom is 0.410 e. The number of methoxy groups -OCH3 is 1. The number of ether oxygens (including phenoxy) is 2. The third-order valence-electron chi connectivity index (χ3n) is 3.89. The van der Waals surface area contributed by atoms with Crippen molar-refractivity contribution in [2.45, 2.75) is 45.3 Å². The fourth-order valence-electron chi connectivity index (χ4n) is 2.65. The molecule has 1 saturated heterocycles. The van der Waals surface area contributed by atoms with Crippen LogP contribution in [0.1, 0.15) is 44.0 Å². The first-order valence-corrected chi connectivity index (χ1v) is 8.70. The molecule has 0 radical (unpaired) electrons. The Bertz CT molecular complexity index is 634. The lowest BCUT2D eigenvalue weighted by Crippen LogP contribution is -2.44. The molecule has 0 aliphatic carbocycles. The zero-order chi connectivity index (χ0) is 18.6. The van der Waals surface area contributed by atoms with Crippen LogP contribution in [0.25, 0.3) is 0 Å². The number of likely N-dealkylation sites (tertiary alicyclic amines) is 1. The van der Waals surface area contributed by atoms with Crippen LogP contribution in [0.4, 0.5) is 10.5 Å². The zero-order valence-corrected chi connectivity index (χ0v) is 15.9. The highest BCUT2D eigenvalue weighted by atomic mass is 35.5. The molecule has 0 bridgehead atoms. The van der Waals surface area contributed by atoms with Crippen LogP contribution in [0.15, 0.2) is 18.2 Å². The van der Waals surface area contributed by atoms with E-state index in [0.29, 0.717) is 23.7 Å². The fourth-order valence-corrected chi connectivity index (χ4v) is 2.84. The largest absolute Gasteiger partial charge is 0.465 e. The summed E-state index contributed by atoms with van der Waals surface area (Å²) in [4.78, 5) is 25.5. The van der Waals surface area contributed by atoms with Crippen LogP contribution in [0.2, 0.25) is 5.02 Å². The molecule has 1 amide bonds. The lowest BCUT2D eigenvalue weighted by atomic mass is 10.0. The molecule has 1 fully saturated rings. The van der Waals surface area contributed by atoms with E-state index in [1.54, 1.807) is 17.0 Å². The number of carbonyl (C=O) groups is 2. The van der Waals surface area contributed by atoms with Gasteiger partial charge in [0.25, 0.3) is 0 Å².